The summed E-state index contributed by atoms with van der Waals surface area (Å²) in [5, 5.41) is 17.0. The van der Waals surface area contributed by atoms with Crippen LogP contribution in [0.4, 0.5) is 11.5 Å². The van der Waals surface area contributed by atoms with E-state index in [-0.39, 0.29) is 5.69 Å². The number of nitrogens with one attached hydrogen (secondary N) is 2. The van der Waals surface area contributed by atoms with Crippen LogP contribution < -0.4 is 10.6 Å². The van der Waals surface area contributed by atoms with E-state index in [9.17, 15) is 10.1 Å². The molecule has 0 bridgehead atoms. The van der Waals surface area contributed by atoms with Gasteiger partial charge in [-0.05, 0) is 32.0 Å². The monoisotopic (exact) mass is 266 g/mol. The van der Waals surface area contributed by atoms with E-state index in [4.69, 9.17) is 4.74 Å². The molecule has 0 amide bonds. The molecule has 19 heavy (non-hydrogen) atoms. The normalized spacial score (nSPS) is 16.2. The van der Waals surface area contributed by atoms with Crippen LogP contribution in [-0.2, 0) is 4.74 Å². The Labute approximate surface area is 111 Å². The van der Waals surface area contributed by atoms with Crippen molar-refractivity contribution in [2.24, 2.45) is 0 Å². The first kappa shape index (κ1) is 13.7. The third kappa shape index (κ3) is 4.15. The molecule has 0 saturated carbocycles. The predicted octanol–water partition coefficient (Wildman–Crippen LogP) is 1.17. The molecule has 1 aromatic rings. The number of rotatable bonds is 6. The predicted molar refractivity (Wildman–Crippen MR) is 71.2 cm³/mol. The second-order valence-electron chi connectivity index (χ2n) is 4.38. The van der Waals surface area contributed by atoms with E-state index in [0.29, 0.717) is 25.1 Å². The first-order valence-electron chi connectivity index (χ1n) is 6.43. The fourth-order valence-corrected chi connectivity index (χ4v) is 2.04. The van der Waals surface area contributed by atoms with E-state index in [1.54, 1.807) is 6.07 Å². The number of nitro groups is 1. The third-order valence-electron chi connectivity index (χ3n) is 3.02. The van der Waals surface area contributed by atoms with E-state index in [2.05, 4.69) is 15.6 Å². The summed E-state index contributed by atoms with van der Waals surface area (Å²) in [4.78, 5) is 14.3. The van der Waals surface area contributed by atoms with Crippen LogP contribution in [0.25, 0.3) is 0 Å². The average molecular weight is 266 g/mol. The van der Waals surface area contributed by atoms with Gasteiger partial charge in [0.15, 0.2) is 0 Å². The van der Waals surface area contributed by atoms with Crippen molar-refractivity contribution in [3.05, 3.63) is 28.4 Å². The highest BCUT2D eigenvalue weighted by molar-refractivity contribution is 5.54. The number of nitrogens with zero attached hydrogens (tertiary/aromatic N) is 2. The summed E-state index contributed by atoms with van der Waals surface area (Å²) in [6, 6.07) is 2.98. The van der Waals surface area contributed by atoms with Gasteiger partial charge in [0.2, 0.25) is 5.82 Å². The Balaban J connectivity index is 1.74. The fraction of sp³-hybridized carbons (Fsp3) is 0.583. The second-order valence-corrected chi connectivity index (χ2v) is 4.38. The molecule has 7 nitrogen and oxygen atoms in total. The first-order valence-corrected chi connectivity index (χ1v) is 6.43. The zero-order valence-electron chi connectivity index (χ0n) is 10.7. The fourth-order valence-electron chi connectivity index (χ4n) is 2.04. The van der Waals surface area contributed by atoms with E-state index >= 15 is 0 Å². The lowest BCUT2D eigenvalue weighted by molar-refractivity contribution is -0.384. The number of ether oxygens (including phenoxy) is 1. The van der Waals surface area contributed by atoms with Crippen molar-refractivity contribution in [3.63, 3.8) is 0 Å². The van der Waals surface area contributed by atoms with Gasteiger partial charge < -0.3 is 15.4 Å². The summed E-state index contributed by atoms with van der Waals surface area (Å²) >= 11 is 0. The minimum absolute atomic E-state index is 0.00985. The van der Waals surface area contributed by atoms with Crippen LogP contribution in [0.15, 0.2) is 18.3 Å². The standard InChI is InChI=1S/C12H18N4O3/c17-16(18)11-2-1-5-14-12(11)15-8-9-19-10-3-6-13-7-4-10/h1-2,5,10,13H,3-4,6-9H2,(H,14,15). The Morgan fingerprint density at radius 3 is 3.05 bits per heavy atom. The molecule has 7 heteroatoms. The summed E-state index contributed by atoms with van der Waals surface area (Å²) in [6.45, 7) is 3.02. The molecule has 0 unspecified atom stereocenters. The van der Waals surface area contributed by atoms with Crippen molar-refractivity contribution < 1.29 is 9.66 Å². The van der Waals surface area contributed by atoms with Crippen LogP contribution in [0.1, 0.15) is 12.8 Å². The molecule has 104 valence electrons. The Hall–Kier alpha value is -1.73. The van der Waals surface area contributed by atoms with Gasteiger partial charge in [-0.3, -0.25) is 10.1 Å². The van der Waals surface area contributed by atoms with Gasteiger partial charge >= 0.3 is 5.69 Å². The maximum Gasteiger partial charge on any atom is 0.311 e. The van der Waals surface area contributed by atoms with Crippen LogP contribution in [0, 0.1) is 10.1 Å². The van der Waals surface area contributed by atoms with E-state index in [1.807, 2.05) is 0 Å². The van der Waals surface area contributed by atoms with Crippen LogP contribution in [-0.4, -0.2) is 42.3 Å². The summed E-state index contributed by atoms with van der Waals surface area (Å²) in [5.41, 5.74) is -0.00985. The van der Waals surface area contributed by atoms with Crippen molar-refractivity contribution in [1.82, 2.24) is 10.3 Å². The zero-order valence-corrected chi connectivity index (χ0v) is 10.7. The van der Waals surface area contributed by atoms with Crippen LogP contribution in [0.2, 0.25) is 0 Å². The van der Waals surface area contributed by atoms with Gasteiger partial charge in [0.25, 0.3) is 0 Å². The number of piperidine rings is 1. The minimum atomic E-state index is -0.441. The van der Waals surface area contributed by atoms with E-state index in [0.717, 1.165) is 25.9 Å². The average Bonchev–Trinajstić information content (AvgIpc) is 2.45. The summed E-state index contributed by atoms with van der Waals surface area (Å²) < 4.78 is 5.70. The van der Waals surface area contributed by atoms with Crippen LogP contribution in [0.5, 0.6) is 0 Å². The highest BCUT2D eigenvalue weighted by Crippen LogP contribution is 2.19. The molecule has 0 aliphatic carbocycles. The lowest BCUT2D eigenvalue weighted by Gasteiger charge is -2.22. The van der Waals surface area contributed by atoms with Gasteiger partial charge in [0.05, 0.1) is 17.6 Å². The highest BCUT2D eigenvalue weighted by atomic mass is 16.6. The topological polar surface area (TPSA) is 89.3 Å². The highest BCUT2D eigenvalue weighted by Gasteiger charge is 2.15. The van der Waals surface area contributed by atoms with Gasteiger partial charge in [0, 0.05) is 18.8 Å². The molecular weight excluding hydrogens is 248 g/mol. The number of pyridine rings is 1. The smallest absolute Gasteiger partial charge is 0.311 e. The van der Waals surface area contributed by atoms with Gasteiger partial charge in [-0.2, -0.15) is 0 Å². The molecule has 1 aliphatic rings. The largest absolute Gasteiger partial charge is 0.376 e. The maximum atomic E-state index is 10.8. The molecule has 2 rings (SSSR count). The van der Waals surface area contributed by atoms with E-state index in [1.165, 1.54) is 12.3 Å². The zero-order chi connectivity index (χ0) is 13.5. The van der Waals surface area contributed by atoms with Crippen molar-refractivity contribution in [2.75, 3.05) is 31.6 Å². The molecule has 0 spiro atoms. The Kier molecular flexibility index (Phi) is 5.05. The van der Waals surface area contributed by atoms with Crippen molar-refractivity contribution in [3.8, 4) is 0 Å². The SMILES string of the molecule is O=[N+]([O-])c1cccnc1NCCOC1CCNCC1. The number of aromatic nitrogens is 1. The maximum absolute atomic E-state index is 10.8. The number of hydrogen-bond acceptors (Lipinski definition) is 6. The number of anilines is 1. The molecule has 2 N–H and O–H groups in total. The summed E-state index contributed by atoms with van der Waals surface area (Å²) in [6.07, 6.45) is 3.86. The summed E-state index contributed by atoms with van der Waals surface area (Å²) in [5.74, 6) is 0.293. The molecule has 0 atom stereocenters. The van der Waals surface area contributed by atoms with Crippen molar-refractivity contribution in [2.45, 2.75) is 18.9 Å². The van der Waals surface area contributed by atoms with Crippen molar-refractivity contribution >= 4 is 11.5 Å². The molecule has 1 saturated heterocycles. The number of hydrogen-bond donors (Lipinski definition) is 2. The molecule has 0 aromatic carbocycles. The van der Waals surface area contributed by atoms with Gasteiger partial charge in [0.1, 0.15) is 0 Å². The molecule has 2 heterocycles. The van der Waals surface area contributed by atoms with Crippen molar-refractivity contribution in [1.29, 1.82) is 0 Å². The lowest BCUT2D eigenvalue weighted by atomic mass is 10.1. The molecule has 1 fully saturated rings. The molecular formula is C12H18N4O3. The first-order chi connectivity index (χ1) is 9.27. The molecule has 1 aliphatic heterocycles. The Morgan fingerprint density at radius 1 is 1.53 bits per heavy atom. The van der Waals surface area contributed by atoms with Crippen LogP contribution >= 0.6 is 0 Å². The second kappa shape index (κ2) is 7.01. The summed E-state index contributed by atoms with van der Waals surface area (Å²) in [7, 11) is 0. The van der Waals surface area contributed by atoms with Gasteiger partial charge in [-0.1, -0.05) is 0 Å². The van der Waals surface area contributed by atoms with Crippen LogP contribution in [0.3, 0.4) is 0 Å². The third-order valence-corrected chi connectivity index (χ3v) is 3.02. The Bertz CT molecular complexity index is 421. The lowest BCUT2D eigenvalue weighted by Crippen LogP contribution is -2.33. The Morgan fingerprint density at radius 2 is 2.32 bits per heavy atom. The molecule has 0 radical (unpaired) electrons. The van der Waals surface area contributed by atoms with E-state index < -0.39 is 4.92 Å². The minimum Gasteiger partial charge on any atom is -0.376 e. The van der Waals surface area contributed by atoms with Gasteiger partial charge in [-0.25, -0.2) is 4.98 Å². The quantitative estimate of drug-likeness (QED) is 0.456. The van der Waals surface area contributed by atoms with Gasteiger partial charge in [-0.15, -0.1) is 0 Å². The molecule has 1 aromatic heterocycles.